The second-order valence-corrected chi connectivity index (χ2v) is 4.52. The van der Waals surface area contributed by atoms with Crippen molar-refractivity contribution < 1.29 is 14.3 Å². The first kappa shape index (κ1) is 11.3. The molecule has 0 saturated carbocycles. The molecule has 1 spiro atoms. The zero-order valence-corrected chi connectivity index (χ0v) is 9.36. The van der Waals surface area contributed by atoms with Crippen LogP contribution in [0.2, 0.25) is 0 Å². The normalized spacial score (nSPS) is 26.0. The highest BCUT2D eigenvalue weighted by Crippen LogP contribution is 2.28. The van der Waals surface area contributed by atoms with Crippen molar-refractivity contribution in [2.75, 3.05) is 19.8 Å². The van der Waals surface area contributed by atoms with Gasteiger partial charge in [-0.25, -0.2) is 4.79 Å². The largest absolute Gasteiger partial charge is 0.381 e. The minimum Gasteiger partial charge on any atom is -0.381 e. The number of nitrogens with two attached hydrogens (primary N) is 1. The van der Waals surface area contributed by atoms with E-state index in [0.717, 1.165) is 0 Å². The van der Waals surface area contributed by atoms with Gasteiger partial charge in [-0.3, -0.25) is 9.69 Å². The number of imide groups is 1. The maximum atomic E-state index is 12.2. The van der Waals surface area contributed by atoms with E-state index in [1.54, 1.807) is 6.92 Å². The van der Waals surface area contributed by atoms with Crippen LogP contribution in [0.5, 0.6) is 0 Å². The third kappa shape index (κ3) is 1.78. The van der Waals surface area contributed by atoms with Crippen LogP contribution in [0, 0.1) is 0 Å². The molecule has 6 nitrogen and oxygen atoms in total. The molecular formula is C10H17N3O3. The van der Waals surface area contributed by atoms with Crippen molar-refractivity contribution in [1.29, 1.82) is 0 Å². The van der Waals surface area contributed by atoms with E-state index >= 15 is 0 Å². The van der Waals surface area contributed by atoms with Crippen LogP contribution in [-0.2, 0) is 9.53 Å². The summed E-state index contributed by atoms with van der Waals surface area (Å²) in [4.78, 5) is 25.1. The van der Waals surface area contributed by atoms with Gasteiger partial charge in [-0.05, 0) is 6.92 Å². The zero-order chi connectivity index (χ0) is 11.8. The molecule has 2 saturated heterocycles. The van der Waals surface area contributed by atoms with E-state index in [4.69, 9.17) is 10.5 Å². The fourth-order valence-electron chi connectivity index (χ4n) is 2.19. The van der Waals surface area contributed by atoms with Gasteiger partial charge < -0.3 is 15.8 Å². The molecule has 2 heterocycles. The quantitative estimate of drug-likeness (QED) is 0.619. The Morgan fingerprint density at radius 1 is 1.50 bits per heavy atom. The molecule has 16 heavy (non-hydrogen) atoms. The van der Waals surface area contributed by atoms with Gasteiger partial charge in [-0.15, -0.1) is 0 Å². The van der Waals surface area contributed by atoms with Crippen LogP contribution in [-0.4, -0.2) is 48.2 Å². The van der Waals surface area contributed by atoms with Crippen LogP contribution < -0.4 is 11.1 Å². The predicted molar refractivity (Wildman–Crippen MR) is 56.7 cm³/mol. The van der Waals surface area contributed by atoms with Gasteiger partial charge in [0.1, 0.15) is 5.54 Å². The van der Waals surface area contributed by atoms with Crippen LogP contribution in [0.3, 0.4) is 0 Å². The molecule has 1 atom stereocenters. The molecule has 0 aliphatic carbocycles. The molecule has 0 aromatic heterocycles. The minimum absolute atomic E-state index is 0.155. The highest BCUT2D eigenvalue weighted by Gasteiger charge is 2.51. The lowest BCUT2D eigenvalue weighted by molar-refractivity contribution is -0.134. The minimum atomic E-state index is -0.732. The Morgan fingerprint density at radius 2 is 2.12 bits per heavy atom. The first-order valence-electron chi connectivity index (χ1n) is 5.53. The summed E-state index contributed by atoms with van der Waals surface area (Å²) in [5.41, 5.74) is 4.88. The number of amides is 3. The summed E-state index contributed by atoms with van der Waals surface area (Å²) >= 11 is 0. The molecular weight excluding hydrogens is 210 g/mol. The standard InChI is InChI=1S/C10H17N3O3/c1-7(11)6-13-8(14)10(12-9(13)15)2-4-16-5-3-10/h7H,2-6,11H2,1H3,(H,12,15). The zero-order valence-electron chi connectivity index (χ0n) is 9.36. The Bertz CT molecular complexity index is 310. The monoisotopic (exact) mass is 227 g/mol. The fourth-order valence-corrected chi connectivity index (χ4v) is 2.19. The van der Waals surface area contributed by atoms with Crippen LogP contribution in [0.15, 0.2) is 0 Å². The maximum absolute atomic E-state index is 12.2. The van der Waals surface area contributed by atoms with E-state index in [1.807, 2.05) is 0 Å². The van der Waals surface area contributed by atoms with E-state index in [9.17, 15) is 9.59 Å². The molecule has 0 radical (unpaired) electrons. The Morgan fingerprint density at radius 3 is 2.69 bits per heavy atom. The predicted octanol–water partition coefficient (Wildman–Crippen LogP) is -0.565. The van der Waals surface area contributed by atoms with Gasteiger partial charge in [-0.2, -0.15) is 0 Å². The number of hydrogen-bond acceptors (Lipinski definition) is 4. The molecule has 2 aliphatic heterocycles. The number of carbonyl (C=O) groups excluding carboxylic acids is 2. The molecule has 3 N–H and O–H groups in total. The summed E-state index contributed by atoms with van der Waals surface area (Å²) < 4.78 is 5.21. The van der Waals surface area contributed by atoms with Crippen molar-refractivity contribution in [3.63, 3.8) is 0 Å². The Kier molecular flexibility index (Phi) is 2.86. The number of urea groups is 1. The molecule has 0 bridgehead atoms. The lowest BCUT2D eigenvalue weighted by atomic mass is 9.90. The van der Waals surface area contributed by atoms with E-state index in [0.29, 0.717) is 26.1 Å². The summed E-state index contributed by atoms with van der Waals surface area (Å²) in [6, 6.07) is -0.533. The van der Waals surface area contributed by atoms with Crippen LogP contribution >= 0.6 is 0 Å². The molecule has 3 amide bonds. The third-order valence-electron chi connectivity index (χ3n) is 3.06. The number of carbonyl (C=O) groups is 2. The molecule has 2 rings (SSSR count). The highest BCUT2D eigenvalue weighted by molar-refractivity contribution is 6.07. The molecule has 0 aromatic rings. The highest BCUT2D eigenvalue weighted by atomic mass is 16.5. The van der Waals surface area contributed by atoms with Gasteiger partial charge in [-0.1, -0.05) is 0 Å². The lowest BCUT2D eigenvalue weighted by Gasteiger charge is -2.30. The Labute approximate surface area is 94.1 Å². The van der Waals surface area contributed by atoms with Crippen molar-refractivity contribution in [2.45, 2.75) is 31.3 Å². The van der Waals surface area contributed by atoms with Crippen LogP contribution in [0.4, 0.5) is 4.79 Å². The molecule has 6 heteroatoms. The second kappa shape index (κ2) is 4.03. The maximum Gasteiger partial charge on any atom is 0.325 e. The molecule has 90 valence electrons. The van der Waals surface area contributed by atoms with Gasteiger partial charge in [0.05, 0.1) is 0 Å². The smallest absolute Gasteiger partial charge is 0.325 e. The first-order chi connectivity index (χ1) is 7.55. The number of nitrogens with one attached hydrogen (secondary N) is 1. The van der Waals surface area contributed by atoms with Gasteiger partial charge in [0.2, 0.25) is 0 Å². The SMILES string of the molecule is CC(N)CN1C(=O)NC2(CCOCC2)C1=O. The topological polar surface area (TPSA) is 84.7 Å². The van der Waals surface area contributed by atoms with Gasteiger partial charge in [0, 0.05) is 38.6 Å². The van der Waals surface area contributed by atoms with E-state index in [-0.39, 0.29) is 24.5 Å². The van der Waals surface area contributed by atoms with E-state index in [1.165, 1.54) is 4.90 Å². The molecule has 2 fully saturated rings. The van der Waals surface area contributed by atoms with E-state index in [2.05, 4.69) is 5.32 Å². The van der Waals surface area contributed by atoms with Crippen LogP contribution in [0.1, 0.15) is 19.8 Å². The summed E-state index contributed by atoms with van der Waals surface area (Å²) in [6.07, 6.45) is 1.10. The number of nitrogens with zero attached hydrogens (tertiary/aromatic N) is 1. The summed E-state index contributed by atoms with van der Waals surface area (Å²) in [7, 11) is 0. The first-order valence-corrected chi connectivity index (χ1v) is 5.53. The average molecular weight is 227 g/mol. The van der Waals surface area contributed by atoms with Crippen molar-refractivity contribution in [3.8, 4) is 0 Å². The third-order valence-corrected chi connectivity index (χ3v) is 3.06. The second-order valence-electron chi connectivity index (χ2n) is 4.52. The summed E-state index contributed by atoms with van der Waals surface area (Å²) in [6.45, 7) is 3.07. The Hall–Kier alpha value is -1.14. The molecule has 2 aliphatic rings. The van der Waals surface area contributed by atoms with Crippen molar-refractivity contribution in [2.24, 2.45) is 5.73 Å². The molecule has 0 aromatic carbocycles. The van der Waals surface area contributed by atoms with Gasteiger partial charge in [0.25, 0.3) is 5.91 Å². The van der Waals surface area contributed by atoms with E-state index < -0.39 is 5.54 Å². The van der Waals surface area contributed by atoms with Crippen molar-refractivity contribution in [3.05, 3.63) is 0 Å². The fraction of sp³-hybridized carbons (Fsp3) is 0.800. The lowest BCUT2D eigenvalue weighted by Crippen LogP contribution is -2.51. The van der Waals surface area contributed by atoms with Crippen molar-refractivity contribution in [1.82, 2.24) is 10.2 Å². The number of hydrogen-bond donors (Lipinski definition) is 2. The Balaban J connectivity index is 2.14. The number of ether oxygens (including phenoxy) is 1. The van der Waals surface area contributed by atoms with Crippen LogP contribution in [0.25, 0.3) is 0 Å². The molecule has 1 unspecified atom stereocenters. The average Bonchev–Trinajstić information content (AvgIpc) is 2.44. The van der Waals surface area contributed by atoms with Gasteiger partial charge in [0.15, 0.2) is 0 Å². The number of rotatable bonds is 2. The summed E-state index contributed by atoms with van der Waals surface area (Å²) in [5, 5.41) is 2.78. The van der Waals surface area contributed by atoms with Crippen molar-refractivity contribution >= 4 is 11.9 Å². The van der Waals surface area contributed by atoms with Gasteiger partial charge >= 0.3 is 6.03 Å². The summed E-state index contributed by atoms with van der Waals surface area (Å²) in [5.74, 6) is -0.155.